The highest BCUT2D eigenvalue weighted by Crippen LogP contribution is 2.20. The normalized spacial score (nSPS) is 17.0. The number of rotatable bonds is 7. The highest BCUT2D eigenvalue weighted by atomic mass is 19.4. The quantitative estimate of drug-likeness (QED) is 0.738. The molecule has 2 amide bonds. The number of hydrogen-bond donors (Lipinski definition) is 1. The van der Waals surface area contributed by atoms with Crippen molar-refractivity contribution in [1.29, 1.82) is 0 Å². The van der Waals surface area contributed by atoms with E-state index in [-0.39, 0.29) is 24.3 Å². The molecule has 0 radical (unpaired) electrons. The molecule has 162 valence electrons. The summed E-state index contributed by atoms with van der Waals surface area (Å²) >= 11 is 0. The van der Waals surface area contributed by atoms with Gasteiger partial charge < -0.3 is 19.4 Å². The fourth-order valence-corrected chi connectivity index (χ4v) is 3.32. The zero-order valence-corrected chi connectivity index (χ0v) is 16.3. The largest absolute Gasteiger partial charge is 0.472 e. The Morgan fingerprint density at radius 1 is 1.17 bits per heavy atom. The van der Waals surface area contributed by atoms with Crippen LogP contribution < -0.4 is 5.32 Å². The first-order chi connectivity index (χ1) is 14.3. The zero-order valence-electron chi connectivity index (χ0n) is 16.3. The molecule has 30 heavy (non-hydrogen) atoms. The molecule has 3 rings (SSSR count). The van der Waals surface area contributed by atoms with Gasteiger partial charge in [-0.25, -0.2) is 0 Å². The van der Waals surface area contributed by atoms with Crippen molar-refractivity contribution in [3.8, 4) is 0 Å². The number of amides is 2. The predicted molar refractivity (Wildman–Crippen MR) is 101 cm³/mol. The number of furan rings is 1. The van der Waals surface area contributed by atoms with E-state index in [0.29, 0.717) is 37.2 Å². The number of carbonyl (C=O) groups excluding carboxylic acids is 2. The highest BCUT2D eigenvalue weighted by molar-refractivity contribution is 5.94. The molecule has 1 aliphatic rings. The van der Waals surface area contributed by atoms with Crippen molar-refractivity contribution in [3.05, 3.63) is 59.5 Å². The Balaban J connectivity index is 1.45. The molecule has 2 aromatic rings. The smallest absolute Gasteiger partial charge is 0.411 e. The monoisotopic (exact) mass is 424 g/mol. The minimum absolute atomic E-state index is 0.128. The maximum atomic E-state index is 12.5. The van der Waals surface area contributed by atoms with Crippen LogP contribution in [0.5, 0.6) is 0 Å². The van der Waals surface area contributed by atoms with Gasteiger partial charge in [-0.15, -0.1) is 0 Å². The van der Waals surface area contributed by atoms with Crippen molar-refractivity contribution in [3.63, 3.8) is 0 Å². The van der Waals surface area contributed by atoms with Gasteiger partial charge in [0.05, 0.1) is 24.4 Å². The van der Waals surface area contributed by atoms with Crippen LogP contribution in [0, 0.1) is 5.92 Å². The van der Waals surface area contributed by atoms with Gasteiger partial charge in [-0.05, 0) is 30.0 Å². The van der Waals surface area contributed by atoms with Gasteiger partial charge in [0, 0.05) is 19.6 Å². The summed E-state index contributed by atoms with van der Waals surface area (Å²) in [7, 11) is 0. The number of hydrogen-bond acceptors (Lipinski definition) is 4. The van der Waals surface area contributed by atoms with Crippen molar-refractivity contribution in [2.45, 2.75) is 32.2 Å². The lowest BCUT2D eigenvalue weighted by atomic mass is 9.96. The molecule has 1 aromatic carbocycles. The van der Waals surface area contributed by atoms with E-state index in [2.05, 4.69) is 10.1 Å². The molecular weight excluding hydrogens is 401 g/mol. The molecule has 6 nitrogen and oxygen atoms in total. The minimum atomic E-state index is -4.35. The molecule has 9 heteroatoms. The second kappa shape index (κ2) is 9.80. The number of halogens is 3. The molecule has 2 heterocycles. The van der Waals surface area contributed by atoms with E-state index >= 15 is 0 Å². The Bertz CT molecular complexity index is 835. The second-order valence-electron chi connectivity index (χ2n) is 7.24. The van der Waals surface area contributed by atoms with Crippen molar-refractivity contribution in [2.75, 3.05) is 19.7 Å². The maximum Gasteiger partial charge on any atom is 0.411 e. The third-order valence-electron chi connectivity index (χ3n) is 4.87. The summed E-state index contributed by atoms with van der Waals surface area (Å²) in [4.78, 5) is 26.6. The fraction of sp³-hybridized carbons (Fsp3) is 0.429. The minimum Gasteiger partial charge on any atom is -0.472 e. The van der Waals surface area contributed by atoms with Crippen molar-refractivity contribution in [2.24, 2.45) is 5.92 Å². The first-order valence-electron chi connectivity index (χ1n) is 9.63. The van der Waals surface area contributed by atoms with Gasteiger partial charge in [0.25, 0.3) is 5.91 Å². The Labute approximate surface area is 172 Å². The summed E-state index contributed by atoms with van der Waals surface area (Å²) in [6.45, 7) is -0.160. The lowest BCUT2D eigenvalue weighted by molar-refractivity contribution is -0.176. The van der Waals surface area contributed by atoms with E-state index < -0.39 is 12.8 Å². The number of likely N-dealkylation sites (tertiary alicyclic amines) is 1. The number of alkyl halides is 3. The lowest BCUT2D eigenvalue weighted by Gasteiger charge is -2.31. The average Bonchev–Trinajstić information content (AvgIpc) is 3.26. The van der Waals surface area contributed by atoms with Gasteiger partial charge in [-0.2, -0.15) is 13.2 Å². The third kappa shape index (κ3) is 6.35. The van der Waals surface area contributed by atoms with Gasteiger partial charge in [0.2, 0.25) is 5.91 Å². The Kier molecular flexibility index (Phi) is 7.15. The SMILES string of the molecule is O=C(NCc1ccc(COCC(F)(F)F)cc1)[C@@H]1CCCN(C(=O)c2ccoc2)C1. The number of nitrogens with one attached hydrogen (secondary N) is 1. The average molecular weight is 424 g/mol. The lowest BCUT2D eigenvalue weighted by Crippen LogP contribution is -2.45. The van der Waals surface area contributed by atoms with Crippen LogP contribution in [0.2, 0.25) is 0 Å². The van der Waals surface area contributed by atoms with Gasteiger partial charge in [-0.1, -0.05) is 24.3 Å². The zero-order chi connectivity index (χ0) is 21.6. The molecule has 1 atom stereocenters. The number of benzene rings is 1. The summed E-state index contributed by atoms with van der Waals surface area (Å²) in [5.41, 5.74) is 1.91. The molecule has 0 saturated carbocycles. The number of ether oxygens (including phenoxy) is 1. The summed E-state index contributed by atoms with van der Waals surface area (Å²) in [5, 5.41) is 2.87. The number of nitrogens with zero attached hydrogens (tertiary/aromatic N) is 1. The standard InChI is InChI=1S/C21H23F3N2O4/c22-21(23,24)14-30-12-16-5-3-15(4-6-16)10-25-19(27)17-2-1-8-26(11-17)20(28)18-7-9-29-13-18/h3-7,9,13,17H,1-2,8,10-12,14H2,(H,25,27)/t17-/m1/s1. The fourth-order valence-electron chi connectivity index (χ4n) is 3.32. The van der Waals surface area contributed by atoms with Crippen molar-refractivity contribution < 1.29 is 31.9 Å². The van der Waals surface area contributed by atoms with Gasteiger partial charge in [0.1, 0.15) is 12.9 Å². The van der Waals surface area contributed by atoms with Gasteiger partial charge in [-0.3, -0.25) is 9.59 Å². The van der Waals surface area contributed by atoms with Crippen LogP contribution in [0.25, 0.3) is 0 Å². The highest BCUT2D eigenvalue weighted by Gasteiger charge is 2.29. The molecule has 1 saturated heterocycles. The van der Waals surface area contributed by atoms with Crippen molar-refractivity contribution in [1.82, 2.24) is 10.2 Å². The molecular formula is C21H23F3N2O4. The van der Waals surface area contributed by atoms with E-state index in [0.717, 1.165) is 12.0 Å². The maximum absolute atomic E-state index is 12.5. The third-order valence-corrected chi connectivity index (χ3v) is 4.87. The van der Waals surface area contributed by atoms with Crippen LogP contribution >= 0.6 is 0 Å². The molecule has 1 aromatic heterocycles. The van der Waals surface area contributed by atoms with Crippen LogP contribution in [0.4, 0.5) is 13.2 Å². The van der Waals surface area contributed by atoms with E-state index in [1.807, 2.05) is 0 Å². The topological polar surface area (TPSA) is 71.8 Å². The Morgan fingerprint density at radius 3 is 2.57 bits per heavy atom. The number of carbonyl (C=O) groups is 2. The predicted octanol–water partition coefficient (Wildman–Crippen LogP) is 3.53. The van der Waals surface area contributed by atoms with E-state index in [4.69, 9.17) is 4.42 Å². The van der Waals surface area contributed by atoms with E-state index in [1.165, 1.54) is 12.5 Å². The Morgan fingerprint density at radius 2 is 1.90 bits per heavy atom. The molecule has 1 N–H and O–H groups in total. The summed E-state index contributed by atoms with van der Waals surface area (Å²) < 4.78 is 45.9. The molecule has 0 spiro atoms. The second-order valence-corrected chi connectivity index (χ2v) is 7.24. The van der Waals surface area contributed by atoms with Gasteiger partial charge >= 0.3 is 6.18 Å². The van der Waals surface area contributed by atoms with Gasteiger partial charge in [0.15, 0.2) is 0 Å². The molecule has 1 aliphatic heterocycles. The first-order valence-corrected chi connectivity index (χ1v) is 9.63. The van der Waals surface area contributed by atoms with E-state index in [9.17, 15) is 22.8 Å². The summed E-state index contributed by atoms with van der Waals surface area (Å²) in [6.07, 6.45) is -0.0637. The van der Waals surface area contributed by atoms with Crippen LogP contribution in [0.3, 0.4) is 0 Å². The Hall–Kier alpha value is -2.81. The number of piperidine rings is 1. The molecule has 0 unspecified atom stereocenters. The van der Waals surface area contributed by atoms with E-state index in [1.54, 1.807) is 35.2 Å². The molecule has 1 fully saturated rings. The molecule has 0 aliphatic carbocycles. The van der Waals surface area contributed by atoms with Crippen LogP contribution in [-0.2, 0) is 22.7 Å². The first kappa shape index (κ1) is 21.9. The summed E-state index contributed by atoms with van der Waals surface area (Å²) in [6, 6.07) is 8.42. The molecule has 0 bridgehead atoms. The van der Waals surface area contributed by atoms with Crippen LogP contribution in [0.15, 0.2) is 47.3 Å². The summed E-state index contributed by atoms with van der Waals surface area (Å²) in [5.74, 6) is -0.563. The van der Waals surface area contributed by atoms with Crippen LogP contribution in [-0.4, -0.2) is 42.6 Å². The van der Waals surface area contributed by atoms with Crippen molar-refractivity contribution >= 4 is 11.8 Å². The van der Waals surface area contributed by atoms with Crippen LogP contribution in [0.1, 0.15) is 34.3 Å².